The van der Waals surface area contributed by atoms with Crippen LogP contribution < -0.4 is 9.47 Å². The van der Waals surface area contributed by atoms with Crippen molar-refractivity contribution in [2.75, 3.05) is 13.7 Å². The van der Waals surface area contributed by atoms with E-state index in [-0.39, 0.29) is 18.0 Å². The first-order chi connectivity index (χ1) is 13.5. The highest BCUT2D eigenvalue weighted by Crippen LogP contribution is 2.22. The van der Waals surface area contributed by atoms with E-state index in [1.54, 1.807) is 49.6 Å². The third-order valence-corrected chi connectivity index (χ3v) is 3.89. The lowest BCUT2D eigenvalue weighted by Crippen LogP contribution is -2.09. The van der Waals surface area contributed by atoms with Gasteiger partial charge >= 0.3 is 5.97 Å². The molecule has 2 aromatic carbocycles. The van der Waals surface area contributed by atoms with Gasteiger partial charge in [0.25, 0.3) is 0 Å². The largest absolute Gasteiger partial charge is 0.497 e. The lowest BCUT2D eigenvalue weighted by molar-refractivity contribution is -0.139. The fraction of sp³-hybridized carbons (Fsp3) is 0.227. The SMILES string of the molecule is CCOc1ccc(C(C)=O)cc1COC(=O)/C(C#N)=C/c1ccc(OC)cc1. The lowest BCUT2D eigenvalue weighted by atomic mass is 10.1. The Balaban J connectivity index is 2.16. The lowest BCUT2D eigenvalue weighted by Gasteiger charge is -2.12. The number of esters is 1. The molecule has 6 heteroatoms. The molecule has 0 saturated heterocycles. The summed E-state index contributed by atoms with van der Waals surface area (Å²) < 4.78 is 15.9. The van der Waals surface area contributed by atoms with E-state index in [0.717, 1.165) is 0 Å². The zero-order valence-electron chi connectivity index (χ0n) is 16.0. The van der Waals surface area contributed by atoms with E-state index in [0.29, 0.717) is 34.8 Å². The van der Waals surface area contributed by atoms with Crippen LogP contribution in [0.3, 0.4) is 0 Å². The molecule has 2 rings (SSSR count). The second-order valence-electron chi connectivity index (χ2n) is 5.83. The van der Waals surface area contributed by atoms with Crippen molar-refractivity contribution in [1.82, 2.24) is 0 Å². The van der Waals surface area contributed by atoms with Gasteiger partial charge in [0.2, 0.25) is 0 Å². The molecule has 0 aliphatic carbocycles. The molecule has 0 amide bonds. The summed E-state index contributed by atoms with van der Waals surface area (Å²) in [6, 6.07) is 13.7. The molecule has 0 aliphatic rings. The van der Waals surface area contributed by atoms with Crippen LogP contribution in [0, 0.1) is 11.3 Å². The molecular formula is C22H21NO5. The van der Waals surface area contributed by atoms with Crippen molar-refractivity contribution >= 4 is 17.8 Å². The highest BCUT2D eigenvalue weighted by molar-refractivity contribution is 5.98. The van der Waals surface area contributed by atoms with Gasteiger partial charge in [-0.3, -0.25) is 4.79 Å². The molecule has 0 saturated carbocycles. The van der Waals surface area contributed by atoms with Gasteiger partial charge in [-0.25, -0.2) is 4.79 Å². The van der Waals surface area contributed by atoms with Crippen LogP contribution in [0.1, 0.15) is 35.3 Å². The molecule has 0 aromatic heterocycles. The van der Waals surface area contributed by atoms with Gasteiger partial charge in [-0.2, -0.15) is 5.26 Å². The summed E-state index contributed by atoms with van der Waals surface area (Å²) >= 11 is 0. The fourth-order valence-electron chi connectivity index (χ4n) is 2.43. The molecule has 0 spiro atoms. The predicted octanol–water partition coefficient (Wildman–Crippen LogP) is 3.95. The maximum absolute atomic E-state index is 12.3. The van der Waals surface area contributed by atoms with Gasteiger partial charge in [-0.15, -0.1) is 0 Å². The Morgan fingerprint density at radius 2 is 1.86 bits per heavy atom. The topological polar surface area (TPSA) is 85.6 Å². The molecule has 0 bridgehead atoms. The average Bonchev–Trinajstić information content (AvgIpc) is 2.71. The molecule has 0 heterocycles. The zero-order chi connectivity index (χ0) is 20.5. The first-order valence-electron chi connectivity index (χ1n) is 8.68. The zero-order valence-corrected chi connectivity index (χ0v) is 16.0. The Kier molecular flexibility index (Phi) is 7.35. The van der Waals surface area contributed by atoms with E-state index in [4.69, 9.17) is 14.2 Å². The minimum atomic E-state index is -0.756. The third-order valence-electron chi connectivity index (χ3n) is 3.89. The van der Waals surface area contributed by atoms with Crippen LogP contribution >= 0.6 is 0 Å². The van der Waals surface area contributed by atoms with Crippen molar-refractivity contribution in [2.45, 2.75) is 20.5 Å². The van der Waals surface area contributed by atoms with Crippen LogP contribution in [0.25, 0.3) is 6.08 Å². The van der Waals surface area contributed by atoms with Crippen LogP contribution in [0.15, 0.2) is 48.0 Å². The van der Waals surface area contributed by atoms with Crippen molar-refractivity contribution in [2.24, 2.45) is 0 Å². The van der Waals surface area contributed by atoms with Gasteiger partial charge < -0.3 is 14.2 Å². The molecule has 0 radical (unpaired) electrons. The normalized spacial score (nSPS) is 10.7. The fourth-order valence-corrected chi connectivity index (χ4v) is 2.43. The smallest absolute Gasteiger partial charge is 0.349 e. The van der Waals surface area contributed by atoms with Crippen molar-refractivity contribution in [3.8, 4) is 17.6 Å². The second kappa shape index (κ2) is 9.93. The van der Waals surface area contributed by atoms with Crippen molar-refractivity contribution < 1.29 is 23.8 Å². The first kappa shape index (κ1) is 20.7. The Hall–Kier alpha value is -3.59. The van der Waals surface area contributed by atoms with Gasteiger partial charge in [0.1, 0.15) is 29.7 Å². The van der Waals surface area contributed by atoms with E-state index < -0.39 is 5.97 Å². The second-order valence-corrected chi connectivity index (χ2v) is 5.83. The maximum atomic E-state index is 12.3. The summed E-state index contributed by atoms with van der Waals surface area (Å²) in [5.74, 6) is 0.340. The number of ether oxygens (including phenoxy) is 3. The van der Waals surface area contributed by atoms with Crippen molar-refractivity contribution in [1.29, 1.82) is 5.26 Å². The monoisotopic (exact) mass is 379 g/mol. The van der Waals surface area contributed by atoms with Gasteiger partial charge in [-0.05, 0) is 55.8 Å². The standard InChI is InChI=1S/C22H21NO5/c1-4-27-21-10-7-17(15(2)24)12-19(21)14-28-22(25)18(13-23)11-16-5-8-20(26-3)9-6-16/h5-12H,4,14H2,1-3H3/b18-11+. The summed E-state index contributed by atoms with van der Waals surface area (Å²) in [6.07, 6.45) is 1.44. The predicted molar refractivity (Wildman–Crippen MR) is 104 cm³/mol. The molecule has 0 unspecified atom stereocenters. The molecule has 0 fully saturated rings. The van der Waals surface area contributed by atoms with Crippen LogP contribution in [0.2, 0.25) is 0 Å². The minimum absolute atomic E-state index is 0.104. The molecule has 144 valence electrons. The number of methoxy groups -OCH3 is 1. The molecule has 2 aromatic rings. The number of benzene rings is 2. The van der Waals surface area contributed by atoms with Gasteiger partial charge in [0, 0.05) is 11.1 Å². The number of ketones is 1. The number of hydrogen-bond donors (Lipinski definition) is 0. The molecule has 6 nitrogen and oxygen atoms in total. The summed E-state index contributed by atoms with van der Waals surface area (Å²) in [6.45, 7) is 3.61. The number of nitrogens with zero attached hydrogens (tertiary/aromatic N) is 1. The van der Waals surface area contributed by atoms with E-state index in [1.807, 2.05) is 13.0 Å². The summed E-state index contributed by atoms with van der Waals surface area (Å²) in [7, 11) is 1.56. The number of carbonyl (C=O) groups excluding carboxylic acids is 2. The summed E-state index contributed by atoms with van der Waals surface area (Å²) in [5.41, 5.74) is 1.59. The van der Waals surface area contributed by atoms with Crippen molar-refractivity contribution in [3.05, 3.63) is 64.7 Å². The quantitative estimate of drug-likeness (QED) is 0.299. The molecule has 0 atom stereocenters. The van der Waals surface area contributed by atoms with Gasteiger partial charge in [0.05, 0.1) is 13.7 Å². The van der Waals surface area contributed by atoms with Crippen LogP contribution in [0.4, 0.5) is 0 Å². The van der Waals surface area contributed by atoms with E-state index in [9.17, 15) is 14.9 Å². The summed E-state index contributed by atoms with van der Waals surface area (Å²) in [5, 5.41) is 9.30. The van der Waals surface area contributed by atoms with Gasteiger partial charge in [0.15, 0.2) is 5.78 Å². The third kappa shape index (κ3) is 5.45. The number of carbonyl (C=O) groups is 2. The Morgan fingerprint density at radius 1 is 1.14 bits per heavy atom. The number of hydrogen-bond acceptors (Lipinski definition) is 6. The van der Waals surface area contributed by atoms with Crippen LogP contribution in [-0.4, -0.2) is 25.5 Å². The van der Waals surface area contributed by atoms with Crippen LogP contribution in [0.5, 0.6) is 11.5 Å². The number of nitriles is 1. The highest BCUT2D eigenvalue weighted by atomic mass is 16.5. The Bertz CT molecular complexity index is 923. The molecular weight excluding hydrogens is 358 g/mol. The molecule has 0 N–H and O–H groups in total. The van der Waals surface area contributed by atoms with Crippen LogP contribution in [-0.2, 0) is 16.1 Å². The number of Topliss-reactive ketones (excluding diaryl/α,β-unsaturated/α-hetero) is 1. The van der Waals surface area contributed by atoms with E-state index >= 15 is 0 Å². The molecule has 28 heavy (non-hydrogen) atoms. The molecule has 0 aliphatic heterocycles. The Labute approximate surface area is 164 Å². The van der Waals surface area contributed by atoms with E-state index in [2.05, 4.69) is 0 Å². The summed E-state index contributed by atoms with van der Waals surface area (Å²) in [4.78, 5) is 23.9. The average molecular weight is 379 g/mol. The Morgan fingerprint density at radius 3 is 2.43 bits per heavy atom. The van der Waals surface area contributed by atoms with E-state index in [1.165, 1.54) is 13.0 Å². The first-order valence-corrected chi connectivity index (χ1v) is 8.68. The van der Waals surface area contributed by atoms with Crippen molar-refractivity contribution in [3.63, 3.8) is 0 Å². The van der Waals surface area contributed by atoms with Gasteiger partial charge in [-0.1, -0.05) is 12.1 Å². The highest BCUT2D eigenvalue weighted by Gasteiger charge is 2.14. The minimum Gasteiger partial charge on any atom is -0.497 e. The maximum Gasteiger partial charge on any atom is 0.349 e. The number of rotatable bonds is 8.